The zero-order chi connectivity index (χ0) is 16.7. The van der Waals surface area contributed by atoms with Gasteiger partial charge in [0.2, 0.25) is 5.91 Å². The molecule has 0 aliphatic carbocycles. The number of carbonyl (C=O) groups is 1. The van der Waals surface area contributed by atoms with Crippen LogP contribution in [0.2, 0.25) is 0 Å². The Hall–Kier alpha value is -1.39. The van der Waals surface area contributed by atoms with Crippen LogP contribution in [0.1, 0.15) is 55.5 Å². The second-order valence-electron chi connectivity index (χ2n) is 6.82. The Kier molecular flexibility index (Phi) is 7.06. The Labute approximate surface area is 140 Å². The van der Waals surface area contributed by atoms with Gasteiger partial charge in [-0.1, -0.05) is 25.0 Å². The molecule has 1 aliphatic heterocycles. The maximum atomic E-state index is 11.0. The van der Waals surface area contributed by atoms with Crippen LogP contribution in [0, 0.1) is 0 Å². The summed E-state index contributed by atoms with van der Waals surface area (Å²) in [7, 11) is 0. The number of aryl methyl sites for hydroxylation is 1. The van der Waals surface area contributed by atoms with Crippen molar-refractivity contribution in [3.05, 3.63) is 35.4 Å². The molecule has 2 unspecified atom stereocenters. The fourth-order valence-electron chi connectivity index (χ4n) is 3.42. The third-order valence-corrected chi connectivity index (χ3v) is 4.88. The highest BCUT2D eigenvalue weighted by Crippen LogP contribution is 2.13. The Morgan fingerprint density at radius 1 is 1.09 bits per heavy atom. The summed E-state index contributed by atoms with van der Waals surface area (Å²) in [4.78, 5) is 13.7. The fraction of sp³-hybridized carbons (Fsp3) is 0.632. The molecule has 2 rings (SSSR count). The van der Waals surface area contributed by atoms with E-state index in [-0.39, 0.29) is 5.91 Å². The van der Waals surface area contributed by atoms with Crippen LogP contribution in [0.25, 0.3) is 0 Å². The SMILES string of the molecule is CC1CNCC(C)N1CCCCCCc1ccc(C(N)=O)cc1. The number of nitrogens with one attached hydrogen (secondary N) is 1. The Balaban J connectivity index is 1.59. The van der Waals surface area contributed by atoms with Gasteiger partial charge in [0.05, 0.1) is 0 Å². The molecule has 0 aromatic heterocycles. The van der Waals surface area contributed by atoms with E-state index in [9.17, 15) is 4.79 Å². The number of amides is 1. The van der Waals surface area contributed by atoms with Crippen LogP contribution < -0.4 is 11.1 Å². The number of benzene rings is 1. The summed E-state index contributed by atoms with van der Waals surface area (Å²) >= 11 is 0. The standard InChI is InChI=1S/C19H31N3O/c1-15-13-21-14-16(2)22(15)12-6-4-3-5-7-17-8-10-18(11-9-17)19(20)23/h8-11,15-16,21H,3-7,12-14H2,1-2H3,(H2,20,23). The summed E-state index contributed by atoms with van der Waals surface area (Å²) in [6.45, 7) is 8.09. The van der Waals surface area contributed by atoms with Crippen LogP contribution in [-0.2, 0) is 6.42 Å². The number of rotatable bonds is 8. The molecular weight excluding hydrogens is 286 g/mol. The van der Waals surface area contributed by atoms with Crippen molar-refractivity contribution in [1.29, 1.82) is 0 Å². The average molecular weight is 317 g/mol. The summed E-state index contributed by atoms with van der Waals surface area (Å²) in [5.41, 5.74) is 7.13. The van der Waals surface area contributed by atoms with E-state index in [0.29, 0.717) is 17.6 Å². The molecule has 128 valence electrons. The average Bonchev–Trinajstić information content (AvgIpc) is 2.53. The van der Waals surface area contributed by atoms with Gasteiger partial charge in [-0.25, -0.2) is 0 Å². The molecule has 4 heteroatoms. The van der Waals surface area contributed by atoms with E-state index in [1.807, 2.05) is 24.3 Å². The molecule has 1 amide bonds. The second kappa shape index (κ2) is 9.04. The monoisotopic (exact) mass is 317 g/mol. The third-order valence-electron chi connectivity index (χ3n) is 4.88. The minimum Gasteiger partial charge on any atom is -0.366 e. The Morgan fingerprint density at radius 2 is 1.70 bits per heavy atom. The molecule has 0 bridgehead atoms. The third kappa shape index (κ3) is 5.63. The van der Waals surface area contributed by atoms with E-state index in [1.165, 1.54) is 37.8 Å². The predicted octanol–water partition coefficient (Wildman–Crippen LogP) is 2.57. The number of nitrogens with zero attached hydrogens (tertiary/aromatic N) is 1. The van der Waals surface area contributed by atoms with Gasteiger partial charge < -0.3 is 11.1 Å². The van der Waals surface area contributed by atoms with Gasteiger partial charge in [0.25, 0.3) is 0 Å². The minimum atomic E-state index is -0.354. The number of hydrogen-bond donors (Lipinski definition) is 2. The van der Waals surface area contributed by atoms with Crippen molar-refractivity contribution in [3.8, 4) is 0 Å². The molecule has 0 spiro atoms. The van der Waals surface area contributed by atoms with Crippen LogP contribution in [0.15, 0.2) is 24.3 Å². The van der Waals surface area contributed by atoms with E-state index >= 15 is 0 Å². The van der Waals surface area contributed by atoms with E-state index in [2.05, 4.69) is 24.1 Å². The number of hydrogen-bond acceptors (Lipinski definition) is 3. The van der Waals surface area contributed by atoms with Crippen molar-refractivity contribution >= 4 is 5.91 Å². The largest absolute Gasteiger partial charge is 0.366 e. The van der Waals surface area contributed by atoms with Gasteiger partial charge in [-0.05, 0) is 57.4 Å². The predicted molar refractivity (Wildman–Crippen MR) is 95.6 cm³/mol. The lowest BCUT2D eigenvalue weighted by Crippen LogP contribution is -2.55. The second-order valence-corrected chi connectivity index (χ2v) is 6.82. The molecule has 2 atom stereocenters. The Bertz CT molecular complexity index is 476. The first-order valence-electron chi connectivity index (χ1n) is 8.93. The fourth-order valence-corrected chi connectivity index (χ4v) is 3.42. The van der Waals surface area contributed by atoms with Gasteiger partial charge in [-0.3, -0.25) is 9.69 Å². The molecule has 1 aliphatic rings. The van der Waals surface area contributed by atoms with Gasteiger partial charge >= 0.3 is 0 Å². The van der Waals surface area contributed by atoms with Gasteiger partial charge in [0.15, 0.2) is 0 Å². The van der Waals surface area contributed by atoms with Crippen molar-refractivity contribution < 1.29 is 4.79 Å². The molecule has 23 heavy (non-hydrogen) atoms. The van der Waals surface area contributed by atoms with Crippen molar-refractivity contribution in [2.75, 3.05) is 19.6 Å². The first kappa shape index (κ1) is 18.0. The molecule has 4 nitrogen and oxygen atoms in total. The van der Waals surface area contributed by atoms with Crippen LogP contribution in [0.5, 0.6) is 0 Å². The first-order chi connectivity index (χ1) is 11.1. The maximum absolute atomic E-state index is 11.0. The molecule has 1 aromatic carbocycles. The number of primary amides is 1. The maximum Gasteiger partial charge on any atom is 0.248 e. The summed E-state index contributed by atoms with van der Waals surface area (Å²) in [6, 6.07) is 8.99. The number of nitrogens with two attached hydrogens (primary N) is 1. The van der Waals surface area contributed by atoms with E-state index in [0.717, 1.165) is 19.5 Å². The number of carbonyl (C=O) groups excluding carboxylic acids is 1. The molecule has 1 fully saturated rings. The summed E-state index contributed by atoms with van der Waals surface area (Å²) in [5, 5.41) is 3.48. The summed E-state index contributed by atoms with van der Waals surface area (Å²) < 4.78 is 0. The van der Waals surface area contributed by atoms with Gasteiger partial charge in [-0.2, -0.15) is 0 Å². The molecule has 3 N–H and O–H groups in total. The zero-order valence-corrected chi connectivity index (χ0v) is 14.6. The van der Waals surface area contributed by atoms with Crippen molar-refractivity contribution in [2.45, 2.75) is 58.0 Å². The lowest BCUT2D eigenvalue weighted by atomic mass is 10.0. The number of unbranched alkanes of at least 4 members (excludes halogenated alkanes) is 3. The smallest absolute Gasteiger partial charge is 0.248 e. The van der Waals surface area contributed by atoms with Gasteiger partial charge in [-0.15, -0.1) is 0 Å². The molecule has 1 saturated heterocycles. The lowest BCUT2D eigenvalue weighted by molar-refractivity contribution is 0.100. The van der Waals surface area contributed by atoms with Crippen LogP contribution in [0.4, 0.5) is 0 Å². The van der Waals surface area contributed by atoms with Gasteiger partial charge in [0, 0.05) is 30.7 Å². The molecule has 1 aromatic rings. The lowest BCUT2D eigenvalue weighted by Gasteiger charge is -2.39. The zero-order valence-electron chi connectivity index (χ0n) is 14.6. The van der Waals surface area contributed by atoms with Crippen molar-refractivity contribution in [1.82, 2.24) is 10.2 Å². The highest BCUT2D eigenvalue weighted by Gasteiger charge is 2.23. The van der Waals surface area contributed by atoms with Crippen molar-refractivity contribution in [2.24, 2.45) is 5.73 Å². The quantitative estimate of drug-likeness (QED) is 0.725. The van der Waals surface area contributed by atoms with Crippen molar-refractivity contribution in [3.63, 3.8) is 0 Å². The van der Waals surface area contributed by atoms with Crippen LogP contribution in [0.3, 0.4) is 0 Å². The topological polar surface area (TPSA) is 58.4 Å². The molecule has 0 saturated carbocycles. The van der Waals surface area contributed by atoms with Crippen LogP contribution in [-0.4, -0.2) is 42.5 Å². The molecule has 0 radical (unpaired) electrons. The van der Waals surface area contributed by atoms with Gasteiger partial charge in [0.1, 0.15) is 0 Å². The normalized spacial score (nSPS) is 22.2. The van der Waals surface area contributed by atoms with Crippen LogP contribution >= 0.6 is 0 Å². The Morgan fingerprint density at radius 3 is 2.30 bits per heavy atom. The van der Waals surface area contributed by atoms with E-state index < -0.39 is 0 Å². The molecular formula is C19H31N3O. The summed E-state index contributed by atoms with van der Waals surface area (Å²) in [5.74, 6) is -0.354. The first-order valence-corrected chi connectivity index (χ1v) is 8.93. The highest BCUT2D eigenvalue weighted by atomic mass is 16.1. The molecule has 1 heterocycles. The van der Waals surface area contributed by atoms with E-state index in [1.54, 1.807) is 0 Å². The number of piperazine rings is 1. The highest BCUT2D eigenvalue weighted by molar-refractivity contribution is 5.92. The summed E-state index contributed by atoms with van der Waals surface area (Å²) in [6.07, 6.45) is 6.15. The minimum absolute atomic E-state index is 0.354. The van der Waals surface area contributed by atoms with E-state index in [4.69, 9.17) is 5.73 Å².